The Morgan fingerprint density at radius 2 is 2.20 bits per heavy atom. The van der Waals surface area contributed by atoms with Crippen molar-refractivity contribution in [3.8, 4) is 0 Å². The van der Waals surface area contributed by atoms with E-state index in [1.165, 1.54) is 18.1 Å². The predicted molar refractivity (Wildman–Crippen MR) is 90.7 cm³/mol. The Labute approximate surface area is 147 Å². The fourth-order valence-corrected chi connectivity index (χ4v) is 3.18. The quantitative estimate of drug-likeness (QED) is 0.568. The Bertz CT molecular complexity index is 904. The number of carboxylic acid groups (broad SMARTS) is 1. The number of aromatic nitrogens is 4. The maximum atomic E-state index is 12.1. The maximum Gasteiger partial charge on any atom is 0.231 e. The van der Waals surface area contributed by atoms with Crippen LogP contribution in [0.5, 0.6) is 0 Å². The van der Waals surface area contributed by atoms with Gasteiger partial charge >= 0.3 is 0 Å². The number of carbonyl (C=O) groups excluding carboxylic acids is 2. The van der Waals surface area contributed by atoms with Gasteiger partial charge in [-0.2, -0.15) is 0 Å². The van der Waals surface area contributed by atoms with Gasteiger partial charge in [0, 0.05) is 30.6 Å². The number of aliphatic carboxylic acids is 1. The van der Waals surface area contributed by atoms with Gasteiger partial charge in [0.05, 0.1) is 17.8 Å². The number of aryl methyl sites for hydroxylation is 1. The van der Waals surface area contributed by atoms with Gasteiger partial charge in [-0.05, 0) is 11.6 Å². The fourth-order valence-electron chi connectivity index (χ4n) is 2.48. The number of hydrogen-bond donors (Lipinski definition) is 2. The van der Waals surface area contributed by atoms with Crippen LogP contribution in [0.25, 0.3) is 10.9 Å². The Hall–Kier alpha value is -2.81. The summed E-state index contributed by atoms with van der Waals surface area (Å²) in [5.41, 5.74) is 1.73. The van der Waals surface area contributed by atoms with Gasteiger partial charge in [-0.1, -0.05) is 30.0 Å². The first-order chi connectivity index (χ1) is 12.0. The Morgan fingerprint density at radius 1 is 1.40 bits per heavy atom. The van der Waals surface area contributed by atoms with Gasteiger partial charge in [0.15, 0.2) is 5.16 Å². The molecule has 3 rings (SSSR count). The monoisotopic (exact) mass is 358 g/mol. The summed E-state index contributed by atoms with van der Waals surface area (Å²) >= 11 is 1.18. The van der Waals surface area contributed by atoms with E-state index in [1.54, 1.807) is 17.8 Å². The molecule has 2 heterocycles. The molecule has 2 aromatic heterocycles. The maximum absolute atomic E-state index is 12.1. The summed E-state index contributed by atoms with van der Waals surface area (Å²) in [4.78, 5) is 26.6. The van der Waals surface area contributed by atoms with E-state index in [1.807, 2.05) is 24.3 Å². The summed E-state index contributed by atoms with van der Waals surface area (Å²) in [6, 6.07) is 6.47. The molecule has 0 unspecified atom stereocenters. The third-order valence-corrected chi connectivity index (χ3v) is 4.76. The highest BCUT2D eigenvalue weighted by Crippen LogP contribution is 2.19. The van der Waals surface area contributed by atoms with Crippen LogP contribution in [0, 0.1) is 0 Å². The Kier molecular flexibility index (Phi) is 5.03. The zero-order valence-electron chi connectivity index (χ0n) is 13.4. The summed E-state index contributed by atoms with van der Waals surface area (Å²) in [6.45, 7) is 0. The molecule has 1 atom stereocenters. The Balaban J connectivity index is 1.64. The number of thioether (sulfide) groups is 1. The van der Waals surface area contributed by atoms with Crippen molar-refractivity contribution in [2.75, 3.05) is 5.75 Å². The zero-order valence-corrected chi connectivity index (χ0v) is 14.2. The van der Waals surface area contributed by atoms with Crippen LogP contribution in [0.3, 0.4) is 0 Å². The summed E-state index contributed by atoms with van der Waals surface area (Å²) in [5, 5.41) is 23.0. The van der Waals surface area contributed by atoms with Gasteiger partial charge < -0.3 is 24.8 Å². The number of para-hydroxylation sites is 1. The van der Waals surface area contributed by atoms with Crippen LogP contribution in [0.15, 0.2) is 41.9 Å². The average molecular weight is 358 g/mol. The minimum Gasteiger partial charge on any atom is -0.548 e. The molecule has 1 aromatic carbocycles. The molecule has 0 bridgehead atoms. The largest absolute Gasteiger partial charge is 0.548 e. The van der Waals surface area contributed by atoms with E-state index in [-0.39, 0.29) is 12.2 Å². The van der Waals surface area contributed by atoms with Crippen LogP contribution in [-0.4, -0.2) is 43.4 Å². The number of carboxylic acids is 1. The van der Waals surface area contributed by atoms with Crippen molar-refractivity contribution in [2.24, 2.45) is 7.05 Å². The van der Waals surface area contributed by atoms with E-state index < -0.39 is 17.9 Å². The molecule has 3 aromatic rings. The van der Waals surface area contributed by atoms with Crippen molar-refractivity contribution >= 4 is 34.5 Å². The van der Waals surface area contributed by atoms with Crippen LogP contribution in [0.1, 0.15) is 5.56 Å². The highest BCUT2D eigenvalue weighted by molar-refractivity contribution is 7.99. The van der Waals surface area contributed by atoms with Crippen LogP contribution in [-0.2, 0) is 23.1 Å². The zero-order chi connectivity index (χ0) is 17.8. The highest BCUT2D eigenvalue weighted by Gasteiger charge is 2.17. The smallest absolute Gasteiger partial charge is 0.231 e. The van der Waals surface area contributed by atoms with E-state index in [0.29, 0.717) is 5.16 Å². The summed E-state index contributed by atoms with van der Waals surface area (Å²) in [6.07, 6.45) is 3.43. The summed E-state index contributed by atoms with van der Waals surface area (Å²) in [7, 11) is 1.77. The number of nitrogens with one attached hydrogen (secondary N) is 2. The highest BCUT2D eigenvalue weighted by atomic mass is 32.2. The molecule has 0 aliphatic carbocycles. The molecule has 8 nitrogen and oxygen atoms in total. The molecule has 130 valence electrons. The molecule has 2 N–H and O–H groups in total. The second kappa shape index (κ2) is 7.39. The van der Waals surface area contributed by atoms with E-state index in [0.717, 1.165) is 16.5 Å². The van der Waals surface area contributed by atoms with Crippen molar-refractivity contribution < 1.29 is 14.7 Å². The summed E-state index contributed by atoms with van der Waals surface area (Å²) < 4.78 is 1.68. The van der Waals surface area contributed by atoms with Crippen molar-refractivity contribution in [1.29, 1.82) is 0 Å². The van der Waals surface area contributed by atoms with Gasteiger partial charge in [-0.3, -0.25) is 4.79 Å². The average Bonchev–Trinajstić information content (AvgIpc) is 3.19. The third kappa shape index (κ3) is 4.00. The predicted octanol–water partition coefficient (Wildman–Crippen LogP) is -0.134. The molecule has 0 saturated carbocycles. The van der Waals surface area contributed by atoms with Gasteiger partial charge in [0.25, 0.3) is 0 Å². The lowest BCUT2D eigenvalue weighted by Gasteiger charge is -2.19. The summed E-state index contributed by atoms with van der Waals surface area (Å²) in [5.74, 6) is -1.67. The number of amides is 1. The lowest BCUT2D eigenvalue weighted by atomic mass is 10.1. The van der Waals surface area contributed by atoms with Gasteiger partial charge in [-0.25, -0.2) is 0 Å². The first-order valence-electron chi connectivity index (χ1n) is 7.56. The van der Waals surface area contributed by atoms with E-state index in [9.17, 15) is 14.7 Å². The van der Waals surface area contributed by atoms with E-state index in [4.69, 9.17) is 0 Å². The second-order valence-corrected chi connectivity index (χ2v) is 6.46. The van der Waals surface area contributed by atoms with Crippen LogP contribution in [0.4, 0.5) is 0 Å². The number of hydrogen-bond acceptors (Lipinski definition) is 6. The topological polar surface area (TPSA) is 116 Å². The minimum absolute atomic E-state index is 0.0458. The molecule has 25 heavy (non-hydrogen) atoms. The number of H-pyrrole nitrogens is 1. The molecule has 0 saturated heterocycles. The van der Waals surface area contributed by atoms with Gasteiger partial charge in [0.2, 0.25) is 5.91 Å². The van der Waals surface area contributed by atoms with E-state index in [2.05, 4.69) is 20.5 Å². The number of aromatic amines is 1. The van der Waals surface area contributed by atoms with Crippen molar-refractivity contribution in [3.05, 3.63) is 42.4 Å². The number of fused-ring (bicyclic) bond motifs is 1. The molecular weight excluding hydrogens is 342 g/mol. The van der Waals surface area contributed by atoms with Crippen molar-refractivity contribution in [3.63, 3.8) is 0 Å². The first-order valence-corrected chi connectivity index (χ1v) is 8.55. The van der Waals surface area contributed by atoms with Gasteiger partial charge in [0.1, 0.15) is 6.33 Å². The first kappa shape index (κ1) is 17.0. The SMILES string of the molecule is Cn1cnnc1SCC(=O)N[C@@H](Cc1c[nH]c2ccccc12)C(=O)[O-]. The van der Waals surface area contributed by atoms with E-state index >= 15 is 0 Å². The van der Waals surface area contributed by atoms with Crippen LogP contribution < -0.4 is 10.4 Å². The lowest BCUT2D eigenvalue weighted by molar-refractivity contribution is -0.308. The Morgan fingerprint density at radius 3 is 2.92 bits per heavy atom. The molecule has 1 amide bonds. The normalized spacial score (nSPS) is 12.2. The fraction of sp³-hybridized carbons (Fsp3) is 0.250. The molecule has 0 aliphatic rings. The minimum atomic E-state index is -1.32. The second-order valence-electron chi connectivity index (χ2n) is 5.52. The number of carbonyl (C=O) groups is 2. The van der Waals surface area contributed by atoms with Crippen LogP contribution >= 0.6 is 11.8 Å². The molecule has 9 heteroatoms. The number of rotatable bonds is 7. The third-order valence-electron chi connectivity index (χ3n) is 3.72. The van der Waals surface area contributed by atoms with Crippen molar-refractivity contribution in [1.82, 2.24) is 25.1 Å². The standard InChI is InChI=1S/C16H17N5O3S/c1-21-9-18-20-16(21)25-8-14(22)19-13(15(23)24)6-10-7-17-12-5-3-2-4-11(10)12/h2-5,7,9,13,17H,6,8H2,1H3,(H,19,22)(H,23,24)/p-1/t13-/m0/s1. The molecule has 0 aliphatic heterocycles. The number of nitrogens with zero attached hydrogens (tertiary/aromatic N) is 3. The van der Waals surface area contributed by atoms with Gasteiger partial charge in [-0.15, -0.1) is 10.2 Å². The molecule has 0 fully saturated rings. The molecule has 0 spiro atoms. The molecule has 0 radical (unpaired) electrons. The molecular formula is C16H16N5O3S-. The van der Waals surface area contributed by atoms with Crippen LogP contribution in [0.2, 0.25) is 0 Å². The number of benzene rings is 1. The van der Waals surface area contributed by atoms with Crippen molar-refractivity contribution in [2.45, 2.75) is 17.6 Å². The lowest BCUT2D eigenvalue weighted by Crippen LogP contribution is -2.49.